The number of nitrogens with zero attached hydrogens (tertiary/aromatic N) is 1. The molecule has 1 rings (SSSR count). The molecule has 6 heteroatoms. The third-order valence-electron chi connectivity index (χ3n) is 3.48. The Labute approximate surface area is 145 Å². The summed E-state index contributed by atoms with van der Waals surface area (Å²) in [7, 11) is 3.37. The zero-order valence-corrected chi connectivity index (χ0v) is 15.5. The molecule has 0 radical (unpaired) electrons. The van der Waals surface area contributed by atoms with Gasteiger partial charge in [-0.15, -0.1) is 0 Å². The zero-order valence-electron chi connectivity index (χ0n) is 15.5. The van der Waals surface area contributed by atoms with Crippen LogP contribution in [0.4, 0.5) is 0 Å². The molecule has 24 heavy (non-hydrogen) atoms. The third kappa shape index (κ3) is 8.17. The number of hydrogen-bond acceptors (Lipinski definition) is 4. The van der Waals surface area contributed by atoms with Crippen molar-refractivity contribution in [2.75, 3.05) is 40.5 Å². The van der Waals surface area contributed by atoms with Crippen LogP contribution in [0.3, 0.4) is 0 Å². The maximum atomic E-state index is 5.55. The second-order valence-electron chi connectivity index (χ2n) is 6.00. The molecule has 0 saturated heterocycles. The Morgan fingerprint density at radius 1 is 1.08 bits per heavy atom. The largest absolute Gasteiger partial charge is 0.491 e. The fraction of sp³-hybridized carbons (Fsp3) is 0.611. The molecular formula is C18H31N3O3. The molecule has 0 unspecified atom stereocenters. The maximum Gasteiger partial charge on any atom is 0.191 e. The van der Waals surface area contributed by atoms with Gasteiger partial charge < -0.3 is 24.8 Å². The molecule has 0 fully saturated rings. The molecule has 0 atom stereocenters. The summed E-state index contributed by atoms with van der Waals surface area (Å²) in [5, 5.41) is 6.54. The number of ether oxygens (including phenoxy) is 3. The summed E-state index contributed by atoms with van der Waals surface area (Å²) in [5.74, 6) is 1.62. The zero-order chi connectivity index (χ0) is 17.8. The summed E-state index contributed by atoms with van der Waals surface area (Å²) in [4.78, 5) is 4.60. The van der Waals surface area contributed by atoms with Crippen LogP contribution in [-0.4, -0.2) is 52.1 Å². The maximum absolute atomic E-state index is 5.55. The van der Waals surface area contributed by atoms with Crippen molar-refractivity contribution in [3.05, 3.63) is 29.8 Å². The van der Waals surface area contributed by atoms with Gasteiger partial charge in [0.05, 0.1) is 18.8 Å². The van der Waals surface area contributed by atoms with Crippen LogP contribution >= 0.6 is 0 Å². The molecule has 0 bridgehead atoms. The lowest BCUT2D eigenvalue weighted by molar-refractivity contribution is 0.0268. The van der Waals surface area contributed by atoms with Crippen molar-refractivity contribution in [1.29, 1.82) is 0 Å². The van der Waals surface area contributed by atoms with Crippen molar-refractivity contribution in [1.82, 2.24) is 10.6 Å². The molecule has 0 aliphatic rings. The molecule has 0 saturated carbocycles. The van der Waals surface area contributed by atoms with Crippen LogP contribution in [0.25, 0.3) is 0 Å². The van der Waals surface area contributed by atoms with E-state index in [0.29, 0.717) is 26.3 Å². The first kappa shape index (κ1) is 20.3. The molecular weight excluding hydrogens is 306 g/mol. The van der Waals surface area contributed by atoms with E-state index in [1.54, 1.807) is 14.2 Å². The lowest BCUT2D eigenvalue weighted by atomic mass is 10.1. The smallest absolute Gasteiger partial charge is 0.191 e. The molecule has 0 aliphatic heterocycles. The average molecular weight is 337 g/mol. The van der Waals surface area contributed by atoms with Gasteiger partial charge in [0.1, 0.15) is 12.4 Å². The van der Waals surface area contributed by atoms with Crippen LogP contribution in [0.5, 0.6) is 5.75 Å². The molecule has 2 N–H and O–H groups in total. The third-order valence-corrected chi connectivity index (χ3v) is 3.48. The molecule has 136 valence electrons. The van der Waals surface area contributed by atoms with Gasteiger partial charge in [0.15, 0.2) is 5.96 Å². The number of aliphatic imine (C=N–C) groups is 1. The Morgan fingerprint density at radius 3 is 2.38 bits per heavy atom. The van der Waals surface area contributed by atoms with Gasteiger partial charge in [-0.25, -0.2) is 4.99 Å². The fourth-order valence-electron chi connectivity index (χ4n) is 1.81. The number of nitrogens with one attached hydrogen (secondary N) is 2. The fourth-order valence-corrected chi connectivity index (χ4v) is 1.81. The minimum absolute atomic E-state index is 0.239. The Balaban J connectivity index is 2.55. The minimum Gasteiger partial charge on any atom is -0.491 e. The standard InChI is InChI=1S/C18H31N3O3/c1-6-19-17(21-14-18(2,3)23-5)20-13-15-7-9-16(10-8-15)24-12-11-22-4/h7-10H,6,11-14H2,1-5H3,(H2,19,20,21). The number of benzene rings is 1. The van der Waals surface area contributed by atoms with Gasteiger partial charge >= 0.3 is 0 Å². The Bertz CT molecular complexity index is 487. The predicted molar refractivity (Wildman–Crippen MR) is 97.7 cm³/mol. The quantitative estimate of drug-likeness (QED) is 0.389. The van der Waals surface area contributed by atoms with E-state index >= 15 is 0 Å². The molecule has 0 aliphatic carbocycles. The predicted octanol–water partition coefficient (Wildman–Crippen LogP) is 2.19. The number of hydrogen-bond donors (Lipinski definition) is 2. The topological polar surface area (TPSA) is 64.1 Å². The van der Waals surface area contributed by atoms with Gasteiger partial charge in [0.2, 0.25) is 0 Å². The highest BCUT2D eigenvalue weighted by Gasteiger charge is 2.16. The van der Waals surface area contributed by atoms with Gasteiger partial charge in [0.25, 0.3) is 0 Å². The molecule has 0 spiro atoms. The first-order chi connectivity index (χ1) is 11.5. The van der Waals surface area contributed by atoms with E-state index < -0.39 is 0 Å². The first-order valence-corrected chi connectivity index (χ1v) is 8.28. The molecule has 0 heterocycles. The van der Waals surface area contributed by atoms with E-state index in [9.17, 15) is 0 Å². The Morgan fingerprint density at radius 2 is 1.79 bits per heavy atom. The Kier molecular flexibility index (Phi) is 9.19. The summed E-state index contributed by atoms with van der Waals surface area (Å²) in [6, 6.07) is 7.95. The number of rotatable bonds is 10. The highest BCUT2D eigenvalue weighted by Crippen LogP contribution is 2.12. The van der Waals surface area contributed by atoms with E-state index in [2.05, 4.69) is 15.6 Å². The van der Waals surface area contributed by atoms with Gasteiger partial charge in [-0.1, -0.05) is 12.1 Å². The highest BCUT2D eigenvalue weighted by molar-refractivity contribution is 5.79. The summed E-state index contributed by atoms with van der Waals surface area (Å²) < 4.78 is 15.9. The first-order valence-electron chi connectivity index (χ1n) is 8.28. The van der Waals surface area contributed by atoms with Crippen molar-refractivity contribution in [2.24, 2.45) is 4.99 Å². The highest BCUT2D eigenvalue weighted by atomic mass is 16.5. The van der Waals surface area contributed by atoms with Crippen LogP contribution < -0.4 is 15.4 Å². The van der Waals surface area contributed by atoms with Gasteiger partial charge in [-0.2, -0.15) is 0 Å². The normalized spacial score (nSPS) is 12.1. The van der Waals surface area contributed by atoms with E-state index in [-0.39, 0.29) is 5.60 Å². The van der Waals surface area contributed by atoms with Crippen LogP contribution in [0, 0.1) is 0 Å². The van der Waals surface area contributed by atoms with E-state index in [4.69, 9.17) is 14.2 Å². The van der Waals surface area contributed by atoms with E-state index in [1.165, 1.54) is 0 Å². The van der Waals surface area contributed by atoms with Gasteiger partial charge in [-0.3, -0.25) is 0 Å². The second-order valence-corrected chi connectivity index (χ2v) is 6.00. The number of guanidine groups is 1. The van der Waals surface area contributed by atoms with Crippen molar-refractivity contribution >= 4 is 5.96 Å². The summed E-state index contributed by atoms with van der Waals surface area (Å²) in [6.45, 7) is 9.34. The average Bonchev–Trinajstić information content (AvgIpc) is 2.59. The lowest BCUT2D eigenvalue weighted by Crippen LogP contribution is -2.45. The summed E-state index contributed by atoms with van der Waals surface area (Å²) >= 11 is 0. The molecule has 1 aromatic rings. The van der Waals surface area contributed by atoms with E-state index in [1.807, 2.05) is 45.0 Å². The monoisotopic (exact) mass is 337 g/mol. The second kappa shape index (κ2) is 10.9. The summed E-state index contributed by atoms with van der Waals surface area (Å²) in [5.41, 5.74) is 0.884. The van der Waals surface area contributed by atoms with E-state index in [0.717, 1.165) is 23.8 Å². The van der Waals surface area contributed by atoms with Crippen molar-refractivity contribution in [3.63, 3.8) is 0 Å². The summed E-state index contributed by atoms with van der Waals surface area (Å²) in [6.07, 6.45) is 0. The van der Waals surface area contributed by atoms with Gasteiger partial charge in [-0.05, 0) is 38.5 Å². The van der Waals surface area contributed by atoms with Crippen LogP contribution in [0.1, 0.15) is 26.3 Å². The molecule has 1 aromatic carbocycles. The molecule has 0 amide bonds. The van der Waals surface area contributed by atoms with Crippen molar-refractivity contribution < 1.29 is 14.2 Å². The van der Waals surface area contributed by atoms with Crippen LogP contribution in [-0.2, 0) is 16.0 Å². The Hall–Kier alpha value is -1.79. The van der Waals surface area contributed by atoms with Gasteiger partial charge in [0, 0.05) is 27.3 Å². The SMILES string of the molecule is CCNC(=NCc1ccc(OCCOC)cc1)NCC(C)(C)OC. The van der Waals surface area contributed by atoms with Crippen molar-refractivity contribution in [3.8, 4) is 5.75 Å². The van der Waals surface area contributed by atoms with Crippen LogP contribution in [0.2, 0.25) is 0 Å². The van der Waals surface area contributed by atoms with Crippen LogP contribution in [0.15, 0.2) is 29.3 Å². The number of methoxy groups -OCH3 is 2. The minimum atomic E-state index is -0.239. The molecule has 6 nitrogen and oxygen atoms in total. The van der Waals surface area contributed by atoms with Crippen molar-refractivity contribution in [2.45, 2.75) is 32.9 Å². The molecule has 0 aromatic heterocycles. The lowest BCUT2D eigenvalue weighted by Gasteiger charge is -2.24.